The average molecular weight is 566 g/mol. The topological polar surface area (TPSA) is 52.6 Å². The van der Waals surface area contributed by atoms with E-state index in [1.807, 2.05) is 19.2 Å². The number of aliphatic imine (C=N–C) groups is 1. The van der Waals surface area contributed by atoms with E-state index < -0.39 is 0 Å². The van der Waals surface area contributed by atoms with Gasteiger partial charge in [-0.05, 0) is 23.3 Å². The third-order valence-corrected chi connectivity index (χ3v) is 6.20. The number of hydrogen-bond donors (Lipinski definition) is 1. The van der Waals surface area contributed by atoms with Crippen molar-refractivity contribution in [2.24, 2.45) is 4.99 Å². The molecular formula is C25H36IN5O2. The van der Waals surface area contributed by atoms with E-state index >= 15 is 0 Å². The molecule has 0 amide bonds. The van der Waals surface area contributed by atoms with Crippen LogP contribution in [-0.4, -0.2) is 82.4 Å². The van der Waals surface area contributed by atoms with Crippen LogP contribution in [0.1, 0.15) is 11.1 Å². The van der Waals surface area contributed by atoms with E-state index in [1.54, 1.807) is 7.11 Å². The van der Waals surface area contributed by atoms with E-state index in [9.17, 15) is 0 Å². The summed E-state index contributed by atoms with van der Waals surface area (Å²) >= 11 is 0. The molecule has 2 aliphatic heterocycles. The smallest absolute Gasteiger partial charge is 0.194 e. The van der Waals surface area contributed by atoms with Gasteiger partial charge < -0.3 is 24.6 Å². The van der Waals surface area contributed by atoms with Crippen LogP contribution >= 0.6 is 24.0 Å². The summed E-state index contributed by atoms with van der Waals surface area (Å²) in [5.74, 6) is 1.89. The lowest BCUT2D eigenvalue weighted by Crippen LogP contribution is -2.52. The first-order valence-electron chi connectivity index (χ1n) is 11.5. The summed E-state index contributed by atoms with van der Waals surface area (Å²) < 4.78 is 11.0. The van der Waals surface area contributed by atoms with Gasteiger partial charge >= 0.3 is 0 Å². The number of nitrogens with zero attached hydrogens (tertiary/aromatic N) is 4. The van der Waals surface area contributed by atoms with Crippen LogP contribution in [-0.2, 0) is 17.8 Å². The van der Waals surface area contributed by atoms with Crippen molar-refractivity contribution in [3.63, 3.8) is 0 Å². The van der Waals surface area contributed by atoms with Crippen molar-refractivity contribution in [3.8, 4) is 5.75 Å². The highest BCUT2D eigenvalue weighted by molar-refractivity contribution is 14.0. The van der Waals surface area contributed by atoms with Crippen molar-refractivity contribution in [2.45, 2.75) is 13.1 Å². The Kier molecular flexibility index (Phi) is 10.1. The summed E-state index contributed by atoms with van der Waals surface area (Å²) in [7, 11) is 3.59. The van der Waals surface area contributed by atoms with Crippen molar-refractivity contribution < 1.29 is 9.47 Å². The maximum absolute atomic E-state index is 5.53. The maximum Gasteiger partial charge on any atom is 0.194 e. The van der Waals surface area contributed by atoms with E-state index in [-0.39, 0.29) is 24.0 Å². The second-order valence-corrected chi connectivity index (χ2v) is 8.25. The number of halogens is 1. The van der Waals surface area contributed by atoms with Crippen LogP contribution in [0.2, 0.25) is 0 Å². The predicted molar refractivity (Wildman–Crippen MR) is 145 cm³/mol. The molecule has 0 atom stereocenters. The summed E-state index contributed by atoms with van der Waals surface area (Å²) in [5, 5.41) is 3.54. The number of guanidine groups is 1. The van der Waals surface area contributed by atoms with E-state index in [0.717, 1.165) is 83.0 Å². The van der Waals surface area contributed by atoms with Gasteiger partial charge in [-0.25, -0.2) is 0 Å². The van der Waals surface area contributed by atoms with Crippen LogP contribution in [0.15, 0.2) is 53.5 Å². The second kappa shape index (κ2) is 13.0. The summed E-state index contributed by atoms with van der Waals surface area (Å²) in [4.78, 5) is 11.7. The quantitative estimate of drug-likeness (QED) is 0.330. The number of morpholine rings is 1. The molecule has 0 bridgehead atoms. The predicted octanol–water partition coefficient (Wildman–Crippen LogP) is 3.04. The first-order valence-corrected chi connectivity index (χ1v) is 11.5. The summed E-state index contributed by atoms with van der Waals surface area (Å²) in [5.41, 5.74) is 3.78. The largest absolute Gasteiger partial charge is 0.495 e. The van der Waals surface area contributed by atoms with Crippen LogP contribution in [0.25, 0.3) is 0 Å². The lowest BCUT2D eigenvalue weighted by molar-refractivity contribution is 0.0342. The third kappa shape index (κ3) is 6.97. The second-order valence-electron chi connectivity index (χ2n) is 8.25. The summed E-state index contributed by atoms with van der Waals surface area (Å²) in [6.07, 6.45) is 0. The van der Waals surface area contributed by atoms with Crippen molar-refractivity contribution in [1.29, 1.82) is 0 Å². The van der Waals surface area contributed by atoms with Crippen LogP contribution in [0, 0.1) is 0 Å². The van der Waals surface area contributed by atoms with Crippen LogP contribution in [0.5, 0.6) is 5.75 Å². The molecule has 2 aromatic carbocycles. The Hall–Kier alpha value is -2.04. The van der Waals surface area contributed by atoms with Gasteiger partial charge in [0.2, 0.25) is 0 Å². The van der Waals surface area contributed by atoms with Gasteiger partial charge in [-0.1, -0.05) is 36.4 Å². The van der Waals surface area contributed by atoms with Gasteiger partial charge in [0.05, 0.1) is 26.0 Å². The Morgan fingerprint density at radius 1 is 0.939 bits per heavy atom. The Balaban J connectivity index is 0.00000306. The highest BCUT2D eigenvalue weighted by Gasteiger charge is 2.21. The number of benzene rings is 2. The standard InChI is InChI=1S/C25H35N5O2.HI/c1-26-25(30-13-11-29(12-14-30)23-5-3-4-6-24(23)31-2)27-19-21-7-9-22(10-8-21)20-28-15-17-32-18-16-28;/h3-10H,11-20H2,1-2H3,(H,26,27);1H. The molecule has 33 heavy (non-hydrogen) atoms. The number of nitrogens with one attached hydrogen (secondary N) is 1. The summed E-state index contributed by atoms with van der Waals surface area (Å²) in [6, 6.07) is 17.1. The van der Waals surface area contributed by atoms with Gasteiger partial charge in [0.15, 0.2) is 5.96 Å². The molecule has 0 radical (unpaired) electrons. The molecule has 7 nitrogen and oxygen atoms in total. The van der Waals surface area contributed by atoms with Gasteiger partial charge in [-0.2, -0.15) is 0 Å². The fourth-order valence-corrected chi connectivity index (χ4v) is 4.34. The fraction of sp³-hybridized carbons (Fsp3) is 0.480. The van der Waals surface area contributed by atoms with Crippen LogP contribution in [0.4, 0.5) is 5.69 Å². The SMILES string of the molecule is CN=C(NCc1ccc(CN2CCOCC2)cc1)N1CCN(c2ccccc2OC)CC1.I. The molecule has 2 aliphatic rings. The van der Waals surface area contributed by atoms with E-state index in [2.05, 4.69) is 61.4 Å². The minimum atomic E-state index is 0. The Labute approximate surface area is 214 Å². The molecule has 1 N–H and O–H groups in total. The average Bonchev–Trinajstić information content (AvgIpc) is 2.86. The number of ether oxygens (including phenoxy) is 2. The Morgan fingerprint density at radius 2 is 1.61 bits per heavy atom. The number of piperazine rings is 1. The molecule has 180 valence electrons. The van der Waals surface area contributed by atoms with Crippen molar-refractivity contribution in [3.05, 3.63) is 59.7 Å². The molecule has 0 spiro atoms. The molecule has 2 heterocycles. The monoisotopic (exact) mass is 565 g/mol. The van der Waals surface area contributed by atoms with Crippen molar-refractivity contribution in [1.82, 2.24) is 15.1 Å². The fourth-order valence-electron chi connectivity index (χ4n) is 4.34. The minimum absolute atomic E-state index is 0. The first kappa shape index (κ1) is 25.6. The van der Waals surface area contributed by atoms with Gasteiger partial charge in [0, 0.05) is 59.4 Å². The van der Waals surface area contributed by atoms with E-state index in [4.69, 9.17) is 9.47 Å². The number of anilines is 1. The molecule has 2 aromatic rings. The first-order chi connectivity index (χ1) is 15.8. The zero-order chi connectivity index (χ0) is 22.2. The van der Waals surface area contributed by atoms with E-state index in [0.29, 0.717) is 0 Å². The molecule has 2 saturated heterocycles. The van der Waals surface area contributed by atoms with Crippen molar-refractivity contribution >= 4 is 35.6 Å². The number of methoxy groups -OCH3 is 1. The van der Waals surface area contributed by atoms with Crippen molar-refractivity contribution in [2.75, 3.05) is 71.5 Å². The number of para-hydroxylation sites is 2. The maximum atomic E-state index is 5.53. The Morgan fingerprint density at radius 3 is 2.27 bits per heavy atom. The van der Waals surface area contributed by atoms with E-state index in [1.165, 1.54) is 11.1 Å². The third-order valence-electron chi connectivity index (χ3n) is 6.20. The molecular weight excluding hydrogens is 529 g/mol. The number of rotatable bonds is 6. The molecule has 0 aromatic heterocycles. The zero-order valence-corrected chi connectivity index (χ0v) is 22.0. The molecule has 0 aliphatic carbocycles. The highest BCUT2D eigenvalue weighted by atomic mass is 127. The van der Waals surface area contributed by atoms with Gasteiger partial charge in [-0.15, -0.1) is 24.0 Å². The van der Waals surface area contributed by atoms with Gasteiger partial charge in [0.25, 0.3) is 0 Å². The van der Waals surface area contributed by atoms with Gasteiger partial charge in [0.1, 0.15) is 5.75 Å². The zero-order valence-electron chi connectivity index (χ0n) is 19.7. The minimum Gasteiger partial charge on any atom is -0.495 e. The molecule has 0 saturated carbocycles. The molecule has 8 heteroatoms. The van der Waals surface area contributed by atoms with Crippen LogP contribution in [0.3, 0.4) is 0 Å². The van der Waals surface area contributed by atoms with Gasteiger partial charge in [-0.3, -0.25) is 9.89 Å². The Bertz CT molecular complexity index is 879. The molecule has 2 fully saturated rings. The number of hydrogen-bond acceptors (Lipinski definition) is 5. The normalized spacial score (nSPS) is 17.5. The summed E-state index contributed by atoms with van der Waals surface area (Å²) in [6.45, 7) is 9.23. The molecule has 0 unspecified atom stereocenters. The lowest BCUT2D eigenvalue weighted by atomic mass is 10.1. The lowest BCUT2D eigenvalue weighted by Gasteiger charge is -2.38. The van der Waals surface area contributed by atoms with Crippen LogP contribution < -0.4 is 15.0 Å². The molecule has 4 rings (SSSR count). The highest BCUT2D eigenvalue weighted by Crippen LogP contribution is 2.28.